The zero-order valence-electron chi connectivity index (χ0n) is 17.1. The molecule has 0 spiro atoms. The Morgan fingerprint density at radius 1 is 0.567 bits per heavy atom. The summed E-state index contributed by atoms with van der Waals surface area (Å²) in [6.07, 6.45) is 12.4. The second kappa shape index (κ2) is 10.5. The van der Waals surface area contributed by atoms with Gasteiger partial charge in [0.1, 0.15) is 49.3 Å². The van der Waals surface area contributed by atoms with Crippen molar-refractivity contribution in [3.63, 3.8) is 0 Å². The molecule has 4 rings (SSSR count). The van der Waals surface area contributed by atoms with Gasteiger partial charge in [-0.1, -0.05) is 36.4 Å². The minimum absolute atomic E-state index is 0.607. The van der Waals surface area contributed by atoms with E-state index in [0.717, 1.165) is 24.5 Å². The van der Waals surface area contributed by atoms with E-state index < -0.39 is 0 Å². The topological polar surface area (TPSA) is 36.1 Å². The molecule has 0 fully saturated rings. The van der Waals surface area contributed by atoms with Crippen LogP contribution in [0.25, 0.3) is 11.4 Å². The first-order valence-corrected chi connectivity index (χ1v) is 10.3. The van der Waals surface area contributed by atoms with E-state index in [-0.39, 0.29) is 0 Å². The zero-order valence-corrected chi connectivity index (χ0v) is 17.1. The van der Waals surface area contributed by atoms with E-state index in [2.05, 4.69) is 80.0 Å². The molecule has 0 amide bonds. The van der Waals surface area contributed by atoms with Gasteiger partial charge >= 0.3 is 0 Å². The maximum atomic E-state index is 5.70. The lowest BCUT2D eigenvalue weighted by molar-refractivity contribution is -0.698. The molecule has 0 aliphatic carbocycles. The second-order valence-corrected chi connectivity index (χ2v) is 7.01. The smallest absolute Gasteiger partial charge is 0.249 e. The summed E-state index contributed by atoms with van der Waals surface area (Å²) >= 11 is 0. The van der Waals surface area contributed by atoms with Gasteiger partial charge in [0, 0.05) is 0 Å². The van der Waals surface area contributed by atoms with E-state index >= 15 is 0 Å². The van der Waals surface area contributed by atoms with Crippen molar-refractivity contribution in [1.29, 1.82) is 0 Å². The summed E-state index contributed by atoms with van der Waals surface area (Å²) in [5, 5.41) is 0. The number of hydrogen-bond donors (Lipinski definition) is 0. The average molecular weight is 405 g/mol. The second-order valence-electron chi connectivity index (χ2n) is 7.01. The van der Waals surface area contributed by atoms with Crippen LogP contribution in [0.1, 0.15) is 0 Å². The summed E-state index contributed by atoms with van der Waals surface area (Å²) < 4.78 is 19.9. The molecule has 0 radical (unpaired) electrons. The minimum atomic E-state index is 0.607. The van der Waals surface area contributed by atoms with E-state index in [1.54, 1.807) is 0 Å². The number of para-hydroxylation sites is 2. The van der Waals surface area contributed by atoms with Crippen LogP contribution in [0.15, 0.2) is 98.1 Å². The Kier molecular flexibility index (Phi) is 7.04. The maximum absolute atomic E-state index is 5.70. The van der Waals surface area contributed by atoms with Crippen LogP contribution in [0, 0.1) is 0 Å². The van der Waals surface area contributed by atoms with Crippen molar-refractivity contribution in [2.75, 3.05) is 26.4 Å². The van der Waals surface area contributed by atoms with E-state index in [4.69, 9.17) is 9.47 Å². The molecule has 2 aromatic heterocycles. The molecule has 6 heteroatoms. The highest BCUT2D eigenvalue weighted by Gasteiger charge is 2.07. The van der Waals surface area contributed by atoms with Crippen LogP contribution in [0.5, 0.6) is 0 Å². The Labute approximate surface area is 177 Å². The van der Waals surface area contributed by atoms with E-state index in [0.29, 0.717) is 26.4 Å². The lowest BCUT2D eigenvalue weighted by atomic mass is 10.3. The highest BCUT2D eigenvalue weighted by molar-refractivity contribution is 5.30. The molecule has 0 unspecified atom stereocenters. The van der Waals surface area contributed by atoms with Gasteiger partial charge in [0.15, 0.2) is 0 Å². The van der Waals surface area contributed by atoms with Crippen molar-refractivity contribution < 1.29 is 18.6 Å². The Bertz CT molecular complexity index is 928. The third-order valence-electron chi connectivity index (χ3n) is 4.85. The summed E-state index contributed by atoms with van der Waals surface area (Å²) in [5.41, 5.74) is 2.31. The lowest BCUT2D eigenvalue weighted by Crippen LogP contribution is -2.34. The molecule has 0 saturated heterocycles. The van der Waals surface area contributed by atoms with Crippen LogP contribution < -0.4 is 9.13 Å². The van der Waals surface area contributed by atoms with Crippen molar-refractivity contribution in [2.24, 2.45) is 0 Å². The first-order chi connectivity index (χ1) is 14.9. The number of hydrogen-bond acceptors (Lipinski definition) is 2. The van der Waals surface area contributed by atoms with Gasteiger partial charge in [0.2, 0.25) is 12.7 Å². The van der Waals surface area contributed by atoms with Gasteiger partial charge in [-0.3, -0.25) is 0 Å². The number of benzene rings is 2. The normalized spacial score (nSPS) is 11.1. The first-order valence-electron chi connectivity index (χ1n) is 10.3. The van der Waals surface area contributed by atoms with Crippen molar-refractivity contribution in [2.45, 2.75) is 13.1 Å². The molecular formula is C24H28N4O2+2. The molecule has 0 bridgehead atoms. The SMILES string of the molecule is c1ccc(-n2cc[n+](CCOCCOCC[n+]3ccn(-c4ccccc4)c3)c2)cc1. The maximum Gasteiger partial charge on any atom is 0.249 e. The van der Waals surface area contributed by atoms with Gasteiger partial charge in [-0.2, -0.15) is 0 Å². The van der Waals surface area contributed by atoms with Crippen molar-refractivity contribution in [3.8, 4) is 11.4 Å². The number of ether oxygens (including phenoxy) is 2. The van der Waals surface area contributed by atoms with Gasteiger partial charge in [-0.15, -0.1) is 0 Å². The Hall–Kier alpha value is -3.22. The molecule has 0 saturated carbocycles. The molecule has 0 N–H and O–H groups in total. The van der Waals surface area contributed by atoms with Crippen molar-refractivity contribution >= 4 is 0 Å². The fourth-order valence-electron chi connectivity index (χ4n) is 3.22. The van der Waals surface area contributed by atoms with Crippen LogP contribution in [0.2, 0.25) is 0 Å². The molecule has 0 aliphatic rings. The van der Waals surface area contributed by atoms with Gasteiger partial charge in [0.25, 0.3) is 0 Å². The molecule has 154 valence electrons. The summed E-state index contributed by atoms with van der Waals surface area (Å²) in [6.45, 7) is 4.19. The molecule has 6 nitrogen and oxygen atoms in total. The molecule has 2 aromatic carbocycles. The van der Waals surface area contributed by atoms with E-state index in [1.165, 1.54) is 0 Å². The number of aromatic nitrogens is 4. The molecule has 0 atom stereocenters. The minimum Gasteiger partial charge on any atom is -0.375 e. The van der Waals surface area contributed by atoms with Crippen molar-refractivity contribution in [3.05, 3.63) is 98.1 Å². The quantitative estimate of drug-likeness (QED) is 0.285. The number of rotatable bonds is 11. The average Bonchev–Trinajstić information content (AvgIpc) is 3.47. The molecule has 4 aromatic rings. The van der Waals surface area contributed by atoms with E-state index in [1.807, 2.05) is 36.4 Å². The molecule has 30 heavy (non-hydrogen) atoms. The first kappa shape index (κ1) is 20.1. The number of nitrogens with zero attached hydrogens (tertiary/aromatic N) is 4. The largest absolute Gasteiger partial charge is 0.375 e. The standard InChI is InChI=1S/C24H28N4O2/c1-3-7-23(8-4-1)27-13-11-25(21-27)15-17-29-19-20-30-18-16-26-12-14-28(22-26)24-9-5-2-6-10-24/h1-14,21-22H,15-20H2/q+2. The van der Waals surface area contributed by atoms with Crippen LogP contribution in [-0.4, -0.2) is 35.6 Å². The fourth-order valence-corrected chi connectivity index (χ4v) is 3.22. The number of imidazole rings is 2. The summed E-state index contributed by atoms with van der Waals surface area (Å²) in [6, 6.07) is 20.6. The van der Waals surface area contributed by atoms with Gasteiger partial charge in [-0.05, 0) is 24.3 Å². The molecular weight excluding hydrogens is 376 g/mol. The highest BCUT2D eigenvalue weighted by atomic mass is 16.5. The monoisotopic (exact) mass is 404 g/mol. The lowest BCUT2D eigenvalue weighted by Gasteiger charge is -2.04. The summed E-state index contributed by atoms with van der Waals surface area (Å²) in [7, 11) is 0. The third kappa shape index (κ3) is 5.65. The highest BCUT2D eigenvalue weighted by Crippen LogP contribution is 2.05. The Balaban J connectivity index is 1.08. The molecule has 0 aliphatic heterocycles. The third-order valence-corrected chi connectivity index (χ3v) is 4.85. The Morgan fingerprint density at radius 3 is 1.43 bits per heavy atom. The van der Waals surface area contributed by atoms with Crippen LogP contribution >= 0.6 is 0 Å². The summed E-state index contributed by atoms with van der Waals surface area (Å²) in [5.74, 6) is 0. The van der Waals surface area contributed by atoms with Crippen LogP contribution in [0.4, 0.5) is 0 Å². The molecule has 2 heterocycles. The van der Waals surface area contributed by atoms with Crippen molar-refractivity contribution in [1.82, 2.24) is 9.13 Å². The van der Waals surface area contributed by atoms with E-state index in [9.17, 15) is 0 Å². The van der Waals surface area contributed by atoms with Gasteiger partial charge in [-0.25, -0.2) is 18.3 Å². The van der Waals surface area contributed by atoms with Crippen LogP contribution in [-0.2, 0) is 22.6 Å². The summed E-state index contributed by atoms with van der Waals surface area (Å²) in [4.78, 5) is 0. The predicted octanol–water partition coefficient (Wildman–Crippen LogP) is 2.58. The van der Waals surface area contributed by atoms with Gasteiger partial charge < -0.3 is 9.47 Å². The zero-order chi connectivity index (χ0) is 20.4. The predicted molar refractivity (Wildman–Crippen MR) is 114 cm³/mol. The van der Waals surface area contributed by atoms with Gasteiger partial charge in [0.05, 0.1) is 26.4 Å². The Morgan fingerprint density at radius 2 is 1.00 bits per heavy atom. The fraction of sp³-hybridized carbons (Fsp3) is 0.250. The van der Waals surface area contributed by atoms with Crippen LogP contribution in [0.3, 0.4) is 0 Å².